The van der Waals surface area contributed by atoms with Gasteiger partial charge in [-0.1, -0.05) is 0 Å². The van der Waals surface area contributed by atoms with Crippen LogP contribution in [0.3, 0.4) is 0 Å². The number of rotatable bonds is 6. The van der Waals surface area contributed by atoms with Gasteiger partial charge in [0.25, 0.3) is 0 Å². The Morgan fingerprint density at radius 2 is 2.07 bits per heavy atom. The van der Waals surface area contributed by atoms with Crippen molar-refractivity contribution < 1.29 is 15.0 Å². The van der Waals surface area contributed by atoms with Crippen LogP contribution in [-0.2, 0) is 4.79 Å². The molecule has 0 saturated carbocycles. The Balaban J connectivity index is 4.56. The van der Waals surface area contributed by atoms with Gasteiger partial charge in [-0.3, -0.25) is 9.69 Å². The molecule has 0 bridgehead atoms. The van der Waals surface area contributed by atoms with Crippen molar-refractivity contribution in [2.75, 3.05) is 20.6 Å². The highest BCUT2D eigenvalue weighted by Crippen LogP contribution is 2.20. The van der Waals surface area contributed by atoms with Crippen molar-refractivity contribution in [3.63, 3.8) is 0 Å². The smallest absolute Gasteiger partial charge is 0.326 e. The molecular weight excluding hydrogens is 184 g/mol. The van der Waals surface area contributed by atoms with Crippen LogP contribution in [0.25, 0.3) is 0 Å². The molecule has 0 heterocycles. The predicted molar refractivity (Wildman–Crippen MR) is 54.0 cm³/mol. The largest absolute Gasteiger partial charge is 0.480 e. The van der Waals surface area contributed by atoms with E-state index in [1.165, 1.54) is 11.8 Å². The fourth-order valence-electron chi connectivity index (χ4n) is 1.22. The number of hydrogen-bond donors (Lipinski definition) is 3. The summed E-state index contributed by atoms with van der Waals surface area (Å²) < 4.78 is 0. The molecule has 5 heteroatoms. The van der Waals surface area contributed by atoms with Crippen LogP contribution in [0.4, 0.5) is 0 Å². The van der Waals surface area contributed by atoms with Gasteiger partial charge in [-0.25, -0.2) is 0 Å². The zero-order valence-corrected chi connectivity index (χ0v) is 9.03. The summed E-state index contributed by atoms with van der Waals surface area (Å²) in [6.45, 7) is 1.97. The SMILES string of the molecule is CN(C)C(C)(C(=O)O)C(O)CCCN. The molecule has 84 valence electrons. The maximum atomic E-state index is 11.0. The molecule has 0 aromatic rings. The van der Waals surface area contributed by atoms with E-state index in [4.69, 9.17) is 10.8 Å². The fraction of sp³-hybridized carbons (Fsp3) is 0.889. The molecule has 0 rings (SSSR count). The molecule has 4 N–H and O–H groups in total. The second kappa shape index (κ2) is 5.29. The quantitative estimate of drug-likeness (QED) is 0.542. The first-order valence-electron chi connectivity index (χ1n) is 4.66. The van der Waals surface area contributed by atoms with E-state index < -0.39 is 17.6 Å². The summed E-state index contributed by atoms with van der Waals surface area (Å²) in [7, 11) is 3.28. The number of nitrogens with two attached hydrogens (primary N) is 1. The molecule has 0 aliphatic rings. The Kier molecular flexibility index (Phi) is 5.04. The molecule has 0 aliphatic carbocycles. The van der Waals surface area contributed by atoms with Crippen molar-refractivity contribution in [3.05, 3.63) is 0 Å². The molecular formula is C9H20N2O3. The third kappa shape index (κ3) is 2.67. The van der Waals surface area contributed by atoms with Gasteiger partial charge in [0, 0.05) is 0 Å². The summed E-state index contributed by atoms with van der Waals surface area (Å²) in [4.78, 5) is 12.5. The Morgan fingerprint density at radius 1 is 1.57 bits per heavy atom. The Morgan fingerprint density at radius 3 is 2.36 bits per heavy atom. The highest BCUT2D eigenvalue weighted by molar-refractivity contribution is 5.79. The second-order valence-corrected chi connectivity index (χ2v) is 3.79. The van der Waals surface area contributed by atoms with Gasteiger partial charge in [0.1, 0.15) is 5.54 Å². The molecule has 0 aromatic carbocycles. The molecule has 2 atom stereocenters. The topological polar surface area (TPSA) is 86.8 Å². The van der Waals surface area contributed by atoms with Crippen molar-refractivity contribution in [1.29, 1.82) is 0 Å². The number of hydrogen-bond acceptors (Lipinski definition) is 4. The highest BCUT2D eigenvalue weighted by Gasteiger charge is 2.42. The van der Waals surface area contributed by atoms with Crippen LogP contribution < -0.4 is 5.73 Å². The van der Waals surface area contributed by atoms with Gasteiger partial charge in [0.15, 0.2) is 0 Å². The van der Waals surface area contributed by atoms with E-state index in [0.29, 0.717) is 19.4 Å². The van der Waals surface area contributed by atoms with Gasteiger partial charge in [-0.15, -0.1) is 0 Å². The average Bonchev–Trinajstić information content (AvgIpc) is 2.11. The molecule has 14 heavy (non-hydrogen) atoms. The lowest BCUT2D eigenvalue weighted by Crippen LogP contribution is -2.57. The minimum Gasteiger partial charge on any atom is -0.480 e. The number of carbonyl (C=O) groups is 1. The fourth-order valence-corrected chi connectivity index (χ4v) is 1.22. The number of carboxylic acids is 1. The van der Waals surface area contributed by atoms with Crippen molar-refractivity contribution in [1.82, 2.24) is 4.90 Å². The van der Waals surface area contributed by atoms with Gasteiger partial charge in [0.2, 0.25) is 0 Å². The normalized spacial score (nSPS) is 17.9. The standard InChI is InChI=1S/C9H20N2O3/c1-9(8(13)14,11(2)3)7(12)5-4-6-10/h7,12H,4-6,10H2,1-3H3,(H,13,14). The van der Waals surface area contributed by atoms with Crippen LogP contribution in [-0.4, -0.2) is 53.4 Å². The van der Waals surface area contributed by atoms with E-state index in [2.05, 4.69) is 0 Å². The van der Waals surface area contributed by atoms with Gasteiger partial charge in [-0.05, 0) is 40.4 Å². The summed E-state index contributed by atoms with van der Waals surface area (Å²) in [6.07, 6.45) is 0.119. The van der Waals surface area contributed by atoms with E-state index in [9.17, 15) is 9.90 Å². The Labute approximate surface area is 84.5 Å². The number of aliphatic hydroxyl groups is 1. The van der Waals surface area contributed by atoms with Crippen LogP contribution in [0.15, 0.2) is 0 Å². The van der Waals surface area contributed by atoms with Gasteiger partial charge in [-0.2, -0.15) is 0 Å². The van der Waals surface area contributed by atoms with Crippen LogP contribution >= 0.6 is 0 Å². The minimum absolute atomic E-state index is 0.400. The third-order valence-corrected chi connectivity index (χ3v) is 2.69. The maximum absolute atomic E-state index is 11.0. The molecule has 0 aromatic heterocycles. The van der Waals surface area contributed by atoms with E-state index >= 15 is 0 Å². The Bertz CT molecular complexity index is 196. The zero-order valence-electron chi connectivity index (χ0n) is 9.03. The molecule has 0 spiro atoms. The first kappa shape index (κ1) is 13.4. The highest BCUT2D eigenvalue weighted by atomic mass is 16.4. The maximum Gasteiger partial charge on any atom is 0.326 e. The second-order valence-electron chi connectivity index (χ2n) is 3.79. The predicted octanol–water partition coefficient (Wildman–Crippen LogP) is -0.509. The zero-order chi connectivity index (χ0) is 11.4. The number of aliphatic carboxylic acids is 1. The lowest BCUT2D eigenvalue weighted by Gasteiger charge is -2.36. The molecule has 0 amide bonds. The number of carboxylic acid groups (broad SMARTS) is 1. The van der Waals surface area contributed by atoms with Gasteiger partial charge >= 0.3 is 5.97 Å². The van der Waals surface area contributed by atoms with E-state index in [-0.39, 0.29) is 0 Å². The average molecular weight is 204 g/mol. The third-order valence-electron chi connectivity index (χ3n) is 2.69. The Hall–Kier alpha value is -0.650. The monoisotopic (exact) mass is 204 g/mol. The van der Waals surface area contributed by atoms with Gasteiger partial charge in [0.05, 0.1) is 6.10 Å². The van der Waals surface area contributed by atoms with Crippen molar-refractivity contribution >= 4 is 5.97 Å². The molecule has 0 fully saturated rings. The lowest BCUT2D eigenvalue weighted by molar-refractivity contribution is -0.156. The summed E-state index contributed by atoms with van der Waals surface area (Å²) in [5.41, 5.74) is 4.06. The molecule has 5 nitrogen and oxygen atoms in total. The molecule has 0 radical (unpaired) electrons. The lowest BCUT2D eigenvalue weighted by atomic mass is 9.90. The molecule has 0 saturated heterocycles. The van der Waals surface area contributed by atoms with Crippen molar-refractivity contribution in [2.24, 2.45) is 5.73 Å². The van der Waals surface area contributed by atoms with Crippen LogP contribution in [0, 0.1) is 0 Å². The van der Waals surface area contributed by atoms with Crippen LogP contribution in [0.1, 0.15) is 19.8 Å². The van der Waals surface area contributed by atoms with Crippen LogP contribution in [0.5, 0.6) is 0 Å². The first-order valence-corrected chi connectivity index (χ1v) is 4.66. The number of aliphatic hydroxyl groups excluding tert-OH is 1. The van der Waals surface area contributed by atoms with E-state index in [1.54, 1.807) is 14.1 Å². The van der Waals surface area contributed by atoms with Crippen molar-refractivity contribution in [3.8, 4) is 0 Å². The van der Waals surface area contributed by atoms with E-state index in [0.717, 1.165) is 0 Å². The minimum atomic E-state index is -1.24. The van der Waals surface area contributed by atoms with Crippen LogP contribution in [0.2, 0.25) is 0 Å². The summed E-state index contributed by atoms with van der Waals surface area (Å²) in [6, 6.07) is 0. The summed E-state index contributed by atoms with van der Waals surface area (Å²) >= 11 is 0. The van der Waals surface area contributed by atoms with Crippen molar-refractivity contribution in [2.45, 2.75) is 31.4 Å². The number of likely N-dealkylation sites (N-methyl/N-ethyl adjacent to an activating group) is 1. The summed E-state index contributed by atoms with van der Waals surface area (Å²) in [5.74, 6) is -1.02. The molecule has 0 aliphatic heterocycles. The summed E-state index contributed by atoms with van der Waals surface area (Å²) in [5, 5.41) is 18.8. The van der Waals surface area contributed by atoms with Gasteiger partial charge < -0.3 is 15.9 Å². The first-order chi connectivity index (χ1) is 6.37. The van der Waals surface area contributed by atoms with E-state index in [1.807, 2.05) is 0 Å². The molecule has 2 unspecified atom stereocenters. The number of nitrogens with zero attached hydrogens (tertiary/aromatic N) is 1.